The number of thioether (sulfide) groups is 1. The lowest BCUT2D eigenvalue weighted by atomic mass is 10.2. The molecule has 2 nitrogen and oxygen atoms in total. The molecular formula is C12H16N2S. The molecule has 0 saturated carbocycles. The monoisotopic (exact) mass is 220 g/mol. The van der Waals surface area contributed by atoms with Crippen LogP contribution in [0.5, 0.6) is 0 Å². The van der Waals surface area contributed by atoms with Crippen LogP contribution in [0, 0.1) is 0 Å². The van der Waals surface area contributed by atoms with E-state index in [1.165, 1.54) is 12.0 Å². The van der Waals surface area contributed by atoms with E-state index in [0.29, 0.717) is 6.04 Å². The molecule has 0 aliphatic carbocycles. The van der Waals surface area contributed by atoms with Crippen molar-refractivity contribution in [3.8, 4) is 0 Å². The van der Waals surface area contributed by atoms with Crippen molar-refractivity contribution in [3.63, 3.8) is 0 Å². The van der Waals surface area contributed by atoms with Crippen LogP contribution in [-0.2, 0) is 6.54 Å². The van der Waals surface area contributed by atoms with Crippen LogP contribution < -0.4 is 5.32 Å². The molecule has 0 radical (unpaired) electrons. The average molecular weight is 220 g/mol. The van der Waals surface area contributed by atoms with E-state index in [1.807, 2.05) is 17.8 Å². The highest BCUT2D eigenvalue weighted by Crippen LogP contribution is 2.16. The van der Waals surface area contributed by atoms with Gasteiger partial charge in [-0.15, -0.1) is 0 Å². The van der Waals surface area contributed by atoms with Crippen LogP contribution in [0.15, 0.2) is 35.3 Å². The number of rotatable bonds is 3. The van der Waals surface area contributed by atoms with Crippen molar-refractivity contribution in [2.45, 2.75) is 25.9 Å². The minimum atomic E-state index is 0.615. The van der Waals surface area contributed by atoms with Crippen LogP contribution >= 0.6 is 11.8 Å². The lowest BCUT2D eigenvalue weighted by Crippen LogP contribution is -2.25. The Kier molecular flexibility index (Phi) is 3.67. The van der Waals surface area contributed by atoms with Crippen molar-refractivity contribution < 1.29 is 0 Å². The second kappa shape index (κ2) is 5.21. The lowest BCUT2D eigenvalue weighted by Gasteiger charge is -2.04. The molecule has 1 unspecified atom stereocenters. The van der Waals surface area contributed by atoms with Crippen LogP contribution in [0.25, 0.3) is 0 Å². The average Bonchev–Trinajstić information content (AvgIpc) is 2.76. The van der Waals surface area contributed by atoms with E-state index in [-0.39, 0.29) is 0 Å². The lowest BCUT2D eigenvalue weighted by molar-refractivity contribution is 0.667. The second-order valence-corrected chi connectivity index (χ2v) is 4.68. The van der Waals surface area contributed by atoms with Crippen LogP contribution in [0.3, 0.4) is 0 Å². The topological polar surface area (TPSA) is 24.4 Å². The summed E-state index contributed by atoms with van der Waals surface area (Å²) < 4.78 is 0. The third-order valence-corrected chi connectivity index (χ3v) is 3.58. The van der Waals surface area contributed by atoms with Gasteiger partial charge in [0.15, 0.2) is 5.17 Å². The predicted molar refractivity (Wildman–Crippen MR) is 67.3 cm³/mol. The minimum Gasteiger partial charge on any atom is -0.361 e. The maximum absolute atomic E-state index is 4.56. The fraction of sp³-hybridized carbons (Fsp3) is 0.417. The molecule has 15 heavy (non-hydrogen) atoms. The fourth-order valence-electron chi connectivity index (χ4n) is 1.50. The molecule has 80 valence electrons. The Balaban J connectivity index is 1.90. The first kappa shape index (κ1) is 10.6. The summed E-state index contributed by atoms with van der Waals surface area (Å²) >= 11 is 1.83. The number of hydrogen-bond acceptors (Lipinski definition) is 2. The molecule has 0 spiro atoms. The molecule has 1 fully saturated rings. The molecule has 1 aromatic carbocycles. The summed E-state index contributed by atoms with van der Waals surface area (Å²) in [6.45, 7) is 2.99. The molecule has 1 saturated heterocycles. The quantitative estimate of drug-likeness (QED) is 0.847. The predicted octanol–water partition coefficient (Wildman–Crippen LogP) is 2.66. The van der Waals surface area contributed by atoms with E-state index in [4.69, 9.17) is 0 Å². The number of aliphatic imine (C=N–C) groups is 1. The third-order valence-electron chi connectivity index (χ3n) is 2.49. The summed E-state index contributed by atoms with van der Waals surface area (Å²) in [5.74, 6) is 1.16. The Bertz CT molecular complexity index is 335. The zero-order valence-electron chi connectivity index (χ0n) is 8.94. The Hall–Kier alpha value is -0.960. The van der Waals surface area contributed by atoms with Gasteiger partial charge in [0.2, 0.25) is 0 Å². The molecule has 0 bridgehead atoms. The Morgan fingerprint density at radius 1 is 1.40 bits per heavy atom. The largest absolute Gasteiger partial charge is 0.361 e. The van der Waals surface area contributed by atoms with Gasteiger partial charge in [0.25, 0.3) is 0 Å². The maximum Gasteiger partial charge on any atom is 0.157 e. The first-order valence-electron chi connectivity index (χ1n) is 5.36. The number of hydrogen-bond donors (Lipinski definition) is 1. The molecule has 0 aromatic heterocycles. The molecule has 1 aliphatic rings. The van der Waals surface area contributed by atoms with Gasteiger partial charge in [-0.2, -0.15) is 0 Å². The van der Waals surface area contributed by atoms with Crippen molar-refractivity contribution in [2.24, 2.45) is 4.99 Å². The van der Waals surface area contributed by atoms with Gasteiger partial charge in [0.1, 0.15) is 0 Å². The molecule has 1 aromatic rings. The van der Waals surface area contributed by atoms with Crippen molar-refractivity contribution in [1.29, 1.82) is 0 Å². The van der Waals surface area contributed by atoms with E-state index in [9.17, 15) is 0 Å². The summed E-state index contributed by atoms with van der Waals surface area (Å²) in [6.07, 6.45) is 1.18. The molecule has 1 heterocycles. The Morgan fingerprint density at radius 3 is 2.87 bits per heavy atom. The van der Waals surface area contributed by atoms with Crippen LogP contribution in [0.2, 0.25) is 0 Å². The number of nitrogens with one attached hydrogen (secondary N) is 1. The van der Waals surface area contributed by atoms with Gasteiger partial charge in [-0.3, -0.25) is 4.99 Å². The molecule has 1 aliphatic heterocycles. The molecule has 2 rings (SSSR count). The van der Waals surface area contributed by atoms with E-state index >= 15 is 0 Å². The number of nitrogens with zero attached hydrogens (tertiary/aromatic N) is 1. The number of amidine groups is 1. The second-order valence-electron chi connectivity index (χ2n) is 3.67. The third kappa shape index (κ3) is 2.99. The highest BCUT2D eigenvalue weighted by Gasteiger charge is 2.17. The van der Waals surface area contributed by atoms with Crippen LogP contribution in [-0.4, -0.2) is 17.0 Å². The zero-order valence-corrected chi connectivity index (χ0v) is 9.76. The summed E-state index contributed by atoms with van der Waals surface area (Å²) in [5.41, 5.74) is 1.27. The highest BCUT2D eigenvalue weighted by atomic mass is 32.2. The van der Waals surface area contributed by atoms with Gasteiger partial charge in [0.05, 0.1) is 6.54 Å². The van der Waals surface area contributed by atoms with Crippen LogP contribution in [0.1, 0.15) is 18.9 Å². The van der Waals surface area contributed by atoms with Crippen molar-refractivity contribution in [2.75, 3.05) is 5.75 Å². The van der Waals surface area contributed by atoms with Gasteiger partial charge < -0.3 is 5.32 Å². The van der Waals surface area contributed by atoms with Crippen molar-refractivity contribution in [1.82, 2.24) is 5.32 Å². The van der Waals surface area contributed by atoms with Crippen molar-refractivity contribution >= 4 is 16.9 Å². The van der Waals surface area contributed by atoms with Crippen molar-refractivity contribution in [3.05, 3.63) is 35.9 Å². The minimum absolute atomic E-state index is 0.615. The smallest absolute Gasteiger partial charge is 0.157 e. The molecular weight excluding hydrogens is 204 g/mol. The van der Waals surface area contributed by atoms with E-state index in [2.05, 4.69) is 41.5 Å². The summed E-state index contributed by atoms with van der Waals surface area (Å²) in [5, 5.41) is 4.53. The van der Waals surface area contributed by atoms with Gasteiger partial charge in [0, 0.05) is 11.8 Å². The van der Waals surface area contributed by atoms with E-state index < -0.39 is 0 Å². The molecule has 1 atom stereocenters. The zero-order chi connectivity index (χ0) is 10.5. The summed E-state index contributed by atoms with van der Waals surface area (Å²) in [7, 11) is 0. The molecule has 3 heteroatoms. The molecule has 1 N–H and O–H groups in total. The first-order valence-corrected chi connectivity index (χ1v) is 6.34. The van der Waals surface area contributed by atoms with Gasteiger partial charge in [-0.1, -0.05) is 49.0 Å². The van der Waals surface area contributed by atoms with E-state index in [0.717, 1.165) is 17.5 Å². The summed E-state index contributed by atoms with van der Waals surface area (Å²) in [6, 6.07) is 11.0. The Morgan fingerprint density at radius 2 is 2.20 bits per heavy atom. The van der Waals surface area contributed by atoms with Gasteiger partial charge >= 0.3 is 0 Å². The number of benzene rings is 1. The SMILES string of the molecule is CCC1CSC(=NCc2ccccc2)N1. The summed E-state index contributed by atoms with van der Waals surface area (Å²) in [4.78, 5) is 4.56. The van der Waals surface area contributed by atoms with Gasteiger partial charge in [-0.05, 0) is 12.0 Å². The van der Waals surface area contributed by atoms with E-state index in [1.54, 1.807) is 0 Å². The first-order chi connectivity index (χ1) is 7.38. The Labute approximate surface area is 95.2 Å². The van der Waals surface area contributed by atoms with Crippen LogP contribution in [0.4, 0.5) is 0 Å². The maximum atomic E-state index is 4.56. The fourth-order valence-corrected chi connectivity index (χ4v) is 2.58. The van der Waals surface area contributed by atoms with Gasteiger partial charge in [-0.25, -0.2) is 0 Å². The highest BCUT2D eigenvalue weighted by molar-refractivity contribution is 8.14. The molecule has 0 amide bonds. The normalized spacial score (nSPS) is 23.0. The standard InChI is InChI=1S/C12H16N2S/c1-2-11-9-15-12(14-11)13-8-10-6-4-3-5-7-10/h3-7,11H,2,8-9H2,1H3,(H,13,14).